The highest BCUT2D eigenvalue weighted by Gasteiger charge is 2.26. The van der Waals surface area contributed by atoms with Gasteiger partial charge < -0.3 is 4.98 Å². The van der Waals surface area contributed by atoms with Crippen LogP contribution in [0.5, 0.6) is 0 Å². The molecule has 22 heavy (non-hydrogen) atoms. The van der Waals surface area contributed by atoms with Crippen LogP contribution in [-0.4, -0.2) is 26.3 Å². The second kappa shape index (κ2) is 6.23. The molecular formula is C15H17FN4O2. The molecule has 7 heteroatoms. The molecule has 0 saturated carbocycles. The van der Waals surface area contributed by atoms with Gasteiger partial charge in [-0.15, -0.1) is 0 Å². The highest BCUT2D eigenvalue weighted by molar-refractivity contribution is 5.34. The monoisotopic (exact) mass is 304 g/mol. The van der Waals surface area contributed by atoms with Crippen molar-refractivity contribution in [2.75, 3.05) is 6.54 Å². The van der Waals surface area contributed by atoms with Crippen LogP contribution in [0.25, 0.3) is 0 Å². The van der Waals surface area contributed by atoms with E-state index in [1.807, 2.05) is 0 Å². The van der Waals surface area contributed by atoms with Gasteiger partial charge in [-0.3, -0.25) is 15.0 Å². The average molecular weight is 304 g/mol. The van der Waals surface area contributed by atoms with Crippen LogP contribution in [0.2, 0.25) is 0 Å². The molecule has 6 nitrogen and oxygen atoms in total. The normalized spacial score (nSPS) is 19.2. The van der Waals surface area contributed by atoms with Crippen molar-refractivity contribution in [3.8, 4) is 0 Å². The zero-order valence-electron chi connectivity index (χ0n) is 12.0. The van der Waals surface area contributed by atoms with Gasteiger partial charge in [-0.2, -0.15) is 0 Å². The summed E-state index contributed by atoms with van der Waals surface area (Å²) in [7, 11) is 0. The number of imidazole rings is 1. The zero-order chi connectivity index (χ0) is 15.5. The maximum Gasteiger partial charge on any atom is 0.272 e. The van der Waals surface area contributed by atoms with E-state index in [9.17, 15) is 14.5 Å². The van der Waals surface area contributed by atoms with Gasteiger partial charge in [-0.25, -0.2) is 9.37 Å². The van der Waals surface area contributed by atoms with Crippen LogP contribution in [-0.2, 0) is 6.54 Å². The van der Waals surface area contributed by atoms with E-state index in [2.05, 4.69) is 14.9 Å². The van der Waals surface area contributed by atoms with Gasteiger partial charge >= 0.3 is 0 Å². The minimum absolute atomic E-state index is 0.137. The van der Waals surface area contributed by atoms with Crippen molar-refractivity contribution >= 4 is 5.69 Å². The summed E-state index contributed by atoms with van der Waals surface area (Å²) >= 11 is 0. The number of halogens is 1. The fraction of sp³-hybridized carbons (Fsp3) is 0.400. The van der Waals surface area contributed by atoms with E-state index in [1.54, 1.807) is 12.4 Å². The molecular weight excluding hydrogens is 287 g/mol. The van der Waals surface area contributed by atoms with Gasteiger partial charge in [-0.05, 0) is 25.5 Å². The number of H-pyrrole nitrogens is 1. The molecule has 0 aliphatic carbocycles. The number of benzene rings is 1. The summed E-state index contributed by atoms with van der Waals surface area (Å²) in [6, 6.07) is 3.98. The number of nitrogens with zero attached hydrogens (tertiary/aromatic N) is 3. The molecule has 0 amide bonds. The molecule has 116 valence electrons. The largest absolute Gasteiger partial charge is 0.347 e. The second-order valence-corrected chi connectivity index (χ2v) is 5.49. The predicted octanol–water partition coefficient (Wildman–Crippen LogP) is 3.18. The first-order chi connectivity index (χ1) is 10.6. The van der Waals surface area contributed by atoms with Crippen molar-refractivity contribution in [1.82, 2.24) is 14.9 Å². The Labute approximate surface area is 127 Å². The Morgan fingerprint density at radius 2 is 2.32 bits per heavy atom. The van der Waals surface area contributed by atoms with Crippen molar-refractivity contribution < 1.29 is 9.31 Å². The fourth-order valence-corrected chi connectivity index (χ4v) is 2.95. The SMILES string of the molecule is O=[N+]([O-])c1ccc(CN2CCCC[C@H]2c2ncc[nH]2)c(F)c1. The molecule has 2 aromatic rings. The number of piperidine rings is 1. The molecule has 0 spiro atoms. The number of nitrogens with one attached hydrogen (secondary N) is 1. The van der Waals surface area contributed by atoms with E-state index >= 15 is 0 Å². The van der Waals surface area contributed by atoms with Gasteiger partial charge in [0.2, 0.25) is 0 Å². The summed E-state index contributed by atoms with van der Waals surface area (Å²) in [6.45, 7) is 1.29. The van der Waals surface area contributed by atoms with Crippen LogP contribution in [0.3, 0.4) is 0 Å². The summed E-state index contributed by atoms with van der Waals surface area (Å²) in [5, 5.41) is 10.7. The van der Waals surface area contributed by atoms with Crippen molar-refractivity contribution in [1.29, 1.82) is 0 Å². The lowest BCUT2D eigenvalue weighted by molar-refractivity contribution is -0.385. The van der Waals surface area contributed by atoms with E-state index in [-0.39, 0.29) is 11.7 Å². The molecule has 1 aromatic heterocycles. The number of non-ortho nitro benzene ring substituents is 1. The third-order valence-corrected chi connectivity index (χ3v) is 4.07. The van der Waals surface area contributed by atoms with E-state index in [1.165, 1.54) is 12.1 Å². The van der Waals surface area contributed by atoms with E-state index in [0.29, 0.717) is 12.1 Å². The predicted molar refractivity (Wildman–Crippen MR) is 78.6 cm³/mol. The molecule has 0 unspecified atom stereocenters. The van der Waals surface area contributed by atoms with Gasteiger partial charge in [0.25, 0.3) is 5.69 Å². The molecule has 1 aromatic carbocycles. The third-order valence-electron chi connectivity index (χ3n) is 4.07. The molecule has 1 atom stereocenters. The maximum absolute atomic E-state index is 14.1. The van der Waals surface area contributed by atoms with Gasteiger partial charge in [0.05, 0.1) is 17.0 Å². The highest BCUT2D eigenvalue weighted by Crippen LogP contribution is 2.31. The Morgan fingerprint density at radius 1 is 1.45 bits per heavy atom. The topological polar surface area (TPSA) is 75.1 Å². The number of likely N-dealkylation sites (tertiary alicyclic amines) is 1. The standard InChI is InChI=1S/C15H17FN4O2/c16-13-9-12(20(21)22)5-4-11(13)10-19-8-2-1-3-14(19)15-17-6-7-18-15/h4-7,9,14H,1-3,8,10H2,(H,17,18)/t14-/m0/s1. The highest BCUT2D eigenvalue weighted by atomic mass is 19.1. The number of hydrogen-bond acceptors (Lipinski definition) is 4. The second-order valence-electron chi connectivity index (χ2n) is 5.49. The lowest BCUT2D eigenvalue weighted by Gasteiger charge is -2.34. The minimum Gasteiger partial charge on any atom is -0.347 e. The number of nitro groups is 1. The molecule has 1 aliphatic rings. The van der Waals surface area contributed by atoms with Crippen LogP contribution in [0.1, 0.15) is 36.7 Å². The van der Waals surface area contributed by atoms with Crippen molar-refractivity contribution in [2.24, 2.45) is 0 Å². The summed E-state index contributed by atoms with van der Waals surface area (Å²) in [4.78, 5) is 19.7. The summed E-state index contributed by atoms with van der Waals surface area (Å²) in [5.41, 5.74) is 0.256. The number of nitro benzene ring substituents is 1. The maximum atomic E-state index is 14.1. The molecule has 0 bridgehead atoms. The van der Waals surface area contributed by atoms with Crippen molar-refractivity contribution in [3.05, 3.63) is 57.9 Å². The molecule has 3 rings (SSSR count). The Hall–Kier alpha value is -2.28. The van der Waals surface area contributed by atoms with Crippen LogP contribution in [0, 0.1) is 15.9 Å². The van der Waals surface area contributed by atoms with E-state index in [4.69, 9.17) is 0 Å². The Balaban J connectivity index is 1.80. The summed E-state index contributed by atoms with van der Waals surface area (Å²) in [5.74, 6) is 0.361. The summed E-state index contributed by atoms with van der Waals surface area (Å²) < 4.78 is 14.1. The Morgan fingerprint density at radius 3 is 3.00 bits per heavy atom. The molecule has 1 aliphatic heterocycles. The molecule has 2 heterocycles. The molecule has 0 radical (unpaired) electrons. The lowest BCUT2D eigenvalue weighted by Crippen LogP contribution is -2.33. The van der Waals surface area contributed by atoms with Crippen LogP contribution in [0.4, 0.5) is 10.1 Å². The van der Waals surface area contributed by atoms with Gasteiger partial charge in [0.1, 0.15) is 11.6 Å². The Bertz CT molecular complexity index is 660. The quantitative estimate of drug-likeness (QED) is 0.695. The smallest absolute Gasteiger partial charge is 0.272 e. The van der Waals surface area contributed by atoms with Gasteiger partial charge in [0.15, 0.2) is 0 Å². The third kappa shape index (κ3) is 2.99. The van der Waals surface area contributed by atoms with Gasteiger partial charge in [0, 0.05) is 30.6 Å². The number of aromatic nitrogens is 2. The number of aromatic amines is 1. The molecule has 1 saturated heterocycles. The average Bonchev–Trinajstić information content (AvgIpc) is 3.04. The first-order valence-electron chi connectivity index (χ1n) is 7.31. The van der Waals surface area contributed by atoms with Gasteiger partial charge in [-0.1, -0.05) is 6.42 Å². The number of rotatable bonds is 4. The number of hydrogen-bond donors (Lipinski definition) is 1. The fourth-order valence-electron chi connectivity index (χ4n) is 2.95. The molecule has 1 N–H and O–H groups in total. The molecule has 1 fully saturated rings. The summed E-state index contributed by atoms with van der Waals surface area (Å²) in [6.07, 6.45) is 6.65. The first kappa shape index (κ1) is 14.6. The zero-order valence-corrected chi connectivity index (χ0v) is 12.0. The minimum atomic E-state index is -0.584. The van der Waals surface area contributed by atoms with E-state index in [0.717, 1.165) is 37.7 Å². The van der Waals surface area contributed by atoms with Crippen molar-refractivity contribution in [2.45, 2.75) is 31.8 Å². The lowest BCUT2D eigenvalue weighted by atomic mass is 10.0. The van der Waals surface area contributed by atoms with Crippen LogP contribution in [0.15, 0.2) is 30.6 Å². The van der Waals surface area contributed by atoms with E-state index < -0.39 is 10.7 Å². The van der Waals surface area contributed by atoms with Crippen molar-refractivity contribution in [3.63, 3.8) is 0 Å². The van der Waals surface area contributed by atoms with Crippen LogP contribution >= 0.6 is 0 Å². The Kier molecular flexibility index (Phi) is 4.15. The van der Waals surface area contributed by atoms with Crippen LogP contribution < -0.4 is 0 Å². The first-order valence-corrected chi connectivity index (χ1v) is 7.31.